The van der Waals surface area contributed by atoms with Crippen molar-refractivity contribution in [3.8, 4) is 0 Å². The average Bonchev–Trinajstić information content (AvgIpc) is 2.96. The Balaban J connectivity index is 1.64. The van der Waals surface area contributed by atoms with Gasteiger partial charge < -0.3 is 29.2 Å². The predicted molar refractivity (Wildman–Crippen MR) is 100 cm³/mol. The molecule has 0 saturated carbocycles. The van der Waals surface area contributed by atoms with Gasteiger partial charge in [0.2, 0.25) is 5.79 Å². The summed E-state index contributed by atoms with van der Waals surface area (Å²) in [6, 6.07) is 10.4. The molecule has 2 heterocycles. The van der Waals surface area contributed by atoms with Gasteiger partial charge in [-0.15, -0.1) is 0 Å². The molecule has 0 unspecified atom stereocenters. The highest BCUT2D eigenvalue weighted by Gasteiger charge is 2.67. The summed E-state index contributed by atoms with van der Waals surface area (Å²) in [5, 5.41) is 21.9. The third-order valence-corrected chi connectivity index (χ3v) is 5.61. The summed E-state index contributed by atoms with van der Waals surface area (Å²) >= 11 is 0. The van der Waals surface area contributed by atoms with Crippen molar-refractivity contribution in [2.45, 2.75) is 75.3 Å². The lowest BCUT2D eigenvalue weighted by Gasteiger charge is -2.52. The average molecular weight is 380 g/mol. The summed E-state index contributed by atoms with van der Waals surface area (Å²) < 4.78 is 23.0. The van der Waals surface area contributed by atoms with Crippen LogP contribution in [0.4, 0.5) is 0 Å². The molecule has 1 aromatic rings. The number of methoxy groups -OCH3 is 1. The van der Waals surface area contributed by atoms with Crippen molar-refractivity contribution in [2.75, 3.05) is 20.3 Å². The van der Waals surface area contributed by atoms with Gasteiger partial charge in [-0.25, -0.2) is 0 Å². The first kappa shape index (κ1) is 20.7. The smallest absolute Gasteiger partial charge is 0.227 e. The number of aliphatic hydroxyl groups is 2. The van der Waals surface area contributed by atoms with E-state index in [4.69, 9.17) is 18.9 Å². The molecule has 27 heavy (non-hydrogen) atoms. The highest BCUT2D eigenvalue weighted by atomic mass is 16.8. The van der Waals surface area contributed by atoms with Crippen LogP contribution < -0.4 is 0 Å². The van der Waals surface area contributed by atoms with Gasteiger partial charge in [0.15, 0.2) is 5.79 Å². The monoisotopic (exact) mass is 380 g/mol. The van der Waals surface area contributed by atoms with E-state index in [0.717, 1.165) is 25.7 Å². The minimum Gasteiger partial charge on any atom is -0.388 e. The Morgan fingerprint density at radius 1 is 1.11 bits per heavy atom. The van der Waals surface area contributed by atoms with Crippen LogP contribution in [0.3, 0.4) is 0 Å². The standard InChI is InChI=1S/C21H32O6/c1-19(2)26-15-21(27-19)20(23,18(24-3)17(22)14-25-21)13-9-5-8-12-16-10-6-4-7-11-16/h4,6-7,10-11,17-18,22-23H,5,8-9,12-15H2,1-3H3/t17-,18-,20-,21+/m1/s1. The molecule has 4 atom stereocenters. The quantitative estimate of drug-likeness (QED) is 0.708. The van der Waals surface area contributed by atoms with Crippen molar-refractivity contribution in [1.82, 2.24) is 0 Å². The number of hydrogen-bond donors (Lipinski definition) is 2. The SMILES string of the molecule is CO[C@@H]1[C@H](O)CO[C@]2(COC(C)(C)O2)[C@@]1(O)CCCCCc1ccccc1. The molecule has 6 heteroatoms. The number of rotatable bonds is 7. The molecule has 2 aliphatic rings. The highest BCUT2D eigenvalue weighted by Crippen LogP contribution is 2.47. The van der Waals surface area contributed by atoms with Crippen LogP contribution in [-0.4, -0.2) is 59.9 Å². The summed E-state index contributed by atoms with van der Waals surface area (Å²) in [4.78, 5) is 0. The van der Waals surface area contributed by atoms with E-state index in [0.29, 0.717) is 6.42 Å². The van der Waals surface area contributed by atoms with E-state index in [1.54, 1.807) is 13.8 Å². The minimum absolute atomic E-state index is 0.0360. The van der Waals surface area contributed by atoms with Gasteiger partial charge in [0.05, 0.1) is 6.61 Å². The number of unbranched alkanes of at least 4 members (excludes halogenated alkanes) is 2. The molecule has 6 nitrogen and oxygen atoms in total. The van der Waals surface area contributed by atoms with Gasteiger partial charge in [0, 0.05) is 7.11 Å². The van der Waals surface area contributed by atoms with Crippen LogP contribution in [0.25, 0.3) is 0 Å². The molecule has 0 bridgehead atoms. The highest BCUT2D eigenvalue weighted by molar-refractivity contribution is 5.14. The zero-order chi connectivity index (χ0) is 19.5. The van der Waals surface area contributed by atoms with Gasteiger partial charge >= 0.3 is 0 Å². The number of aryl methyl sites for hydroxylation is 1. The van der Waals surface area contributed by atoms with Crippen molar-refractivity contribution >= 4 is 0 Å². The number of benzene rings is 1. The van der Waals surface area contributed by atoms with Crippen LogP contribution in [0.1, 0.15) is 45.1 Å². The van der Waals surface area contributed by atoms with Crippen LogP contribution >= 0.6 is 0 Å². The molecule has 2 saturated heterocycles. The molecule has 1 spiro atoms. The van der Waals surface area contributed by atoms with Crippen LogP contribution in [0, 0.1) is 0 Å². The Labute approximate surface area is 161 Å². The fraction of sp³-hybridized carbons (Fsp3) is 0.714. The second-order valence-electron chi connectivity index (χ2n) is 8.05. The van der Waals surface area contributed by atoms with E-state index in [-0.39, 0.29) is 13.2 Å². The van der Waals surface area contributed by atoms with Crippen LogP contribution in [0.15, 0.2) is 30.3 Å². The maximum absolute atomic E-state index is 11.6. The fourth-order valence-electron chi connectivity index (χ4n) is 4.21. The van der Waals surface area contributed by atoms with E-state index in [1.807, 2.05) is 18.2 Å². The van der Waals surface area contributed by atoms with Crippen LogP contribution in [0.5, 0.6) is 0 Å². The van der Waals surface area contributed by atoms with Crippen LogP contribution in [-0.2, 0) is 25.4 Å². The molecule has 0 aromatic heterocycles. The van der Waals surface area contributed by atoms with Gasteiger partial charge in [-0.2, -0.15) is 0 Å². The molecule has 0 amide bonds. The van der Waals surface area contributed by atoms with Crippen molar-refractivity contribution in [3.63, 3.8) is 0 Å². The molecule has 2 N–H and O–H groups in total. The van der Waals surface area contributed by atoms with Crippen molar-refractivity contribution in [1.29, 1.82) is 0 Å². The first-order valence-corrected chi connectivity index (χ1v) is 9.77. The minimum atomic E-state index is -1.49. The second kappa shape index (κ2) is 8.15. The van der Waals surface area contributed by atoms with Gasteiger partial charge in [-0.05, 0) is 38.7 Å². The van der Waals surface area contributed by atoms with E-state index >= 15 is 0 Å². The fourth-order valence-corrected chi connectivity index (χ4v) is 4.21. The Kier molecular flexibility index (Phi) is 6.25. The lowest BCUT2D eigenvalue weighted by molar-refractivity contribution is -0.381. The van der Waals surface area contributed by atoms with Crippen molar-refractivity contribution in [2.24, 2.45) is 0 Å². The number of aliphatic hydroxyl groups excluding tert-OH is 1. The molecular formula is C21H32O6. The lowest BCUT2D eigenvalue weighted by atomic mass is 9.78. The summed E-state index contributed by atoms with van der Waals surface area (Å²) in [6.45, 7) is 3.72. The first-order chi connectivity index (χ1) is 12.8. The van der Waals surface area contributed by atoms with Gasteiger partial charge in [0.1, 0.15) is 24.4 Å². The van der Waals surface area contributed by atoms with Gasteiger partial charge in [-0.1, -0.05) is 43.2 Å². The zero-order valence-corrected chi connectivity index (χ0v) is 16.5. The maximum Gasteiger partial charge on any atom is 0.227 e. The molecule has 0 aliphatic carbocycles. The largest absolute Gasteiger partial charge is 0.388 e. The van der Waals surface area contributed by atoms with E-state index in [2.05, 4.69) is 12.1 Å². The topological polar surface area (TPSA) is 77.4 Å². The molecular weight excluding hydrogens is 348 g/mol. The third kappa shape index (κ3) is 4.21. The Morgan fingerprint density at radius 3 is 2.48 bits per heavy atom. The predicted octanol–water partition coefficient (Wildman–Crippen LogP) is 2.41. The summed E-state index contributed by atoms with van der Waals surface area (Å²) in [7, 11) is 1.49. The number of ether oxygens (including phenoxy) is 4. The summed E-state index contributed by atoms with van der Waals surface area (Å²) in [6.07, 6.45) is 2.44. The van der Waals surface area contributed by atoms with Crippen molar-refractivity contribution in [3.05, 3.63) is 35.9 Å². The van der Waals surface area contributed by atoms with Crippen molar-refractivity contribution < 1.29 is 29.2 Å². The van der Waals surface area contributed by atoms with E-state index in [9.17, 15) is 10.2 Å². The maximum atomic E-state index is 11.6. The van der Waals surface area contributed by atoms with E-state index in [1.165, 1.54) is 12.7 Å². The van der Waals surface area contributed by atoms with E-state index < -0.39 is 29.4 Å². The second-order valence-corrected chi connectivity index (χ2v) is 8.05. The Hall–Kier alpha value is -1.02. The summed E-state index contributed by atoms with van der Waals surface area (Å²) in [5.41, 5.74) is -0.173. The molecule has 2 fully saturated rings. The molecule has 3 rings (SSSR count). The first-order valence-electron chi connectivity index (χ1n) is 9.77. The van der Waals surface area contributed by atoms with Crippen LogP contribution in [0.2, 0.25) is 0 Å². The third-order valence-electron chi connectivity index (χ3n) is 5.61. The normalized spacial score (nSPS) is 35.6. The lowest BCUT2D eigenvalue weighted by Crippen LogP contribution is -2.71. The molecule has 152 valence electrons. The Morgan fingerprint density at radius 2 is 1.85 bits per heavy atom. The zero-order valence-electron chi connectivity index (χ0n) is 16.5. The molecule has 1 aromatic carbocycles. The number of hydrogen-bond acceptors (Lipinski definition) is 6. The summed E-state index contributed by atoms with van der Waals surface area (Å²) in [5.74, 6) is -2.18. The molecule has 0 radical (unpaired) electrons. The Bertz CT molecular complexity index is 606. The molecule has 2 aliphatic heterocycles. The van der Waals surface area contributed by atoms with Gasteiger partial charge in [-0.3, -0.25) is 0 Å². The van der Waals surface area contributed by atoms with Gasteiger partial charge in [0.25, 0.3) is 0 Å².